The average Bonchev–Trinajstić information content (AvgIpc) is 2.47. The molecule has 1 aromatic carbocycles. The monoisotopic (exact) mass is 277 g/mol. The summed E-state index contributed by atoms with van der Waals surface area (Å²) < 4.78 is 0. The first-order valence-electron chi connectivity index (χ1n) is 7.47. The predicted octanol–water partition coefficient (Wildman–Crippen LogP) is 2.59. The van der Waals surface area contributed by atoms with Crippen molar-refractivity contribution in [2.45, 2.75) is 34.2 Å². The van der Waals surface area contributed by atoms with Crippen molar-refractivity contribution in [3.63, 3.8) is 0 Å². The first kappa shape index (κ1) is 16.5. The van der Waals surface area contributed by atoms with Crippen LogP contribution < -0.4 is 5.73 Å². The molecule has 0 fully saturated rings. The van der Waals surface area contributed by atoms with Crippen LogP contribution in [0.4, 0.5) is 5.69 Å². The Kier molecular flexibility index (Phi) is 6.52. The molecule has 0 atom stereocenters. The molecule has 0 bridgehead atoms. The van der Waals surface area contributed by atoms with Gasteiger partial charge in [0, 0.05) is 30.9 Å². The normalized spacial score (nSPS) is 10.8. The molecular weight excluding hydrogens is 250 g/mol. The van der Waals surface area contributed by atoms with Gasteiger partial charge in [-0.15, -0.1) is 0 Å². The van der Waals surface area contributed by atoms with E-state index < -0.39 is 0 Å². The van der Waals surface area contributed by atoms with E-state index >= 15 is 0 Å². The van der Waals surface area contributed by atoms with Crippen LogP contribution in [0.25, 0.3) is 0 Å². The topological polar surface area (TPSA) is 49.6 Å². The summed E-state index contributed by atoms with van der Waals surface area (Å²) in [5.74, 6) is 0.0519. The summed E-state index contributed by atoms with van der Waals surface area (Å²) in [7, 11) is 0. The molecule has 0 aliphatic heterocycles. The van der Waals surface area contributed by atoms with Crippen LogP contribution in [0.3, 0.4) is 0 Å². The van der Waals surface area contributed by atoms with E-state index in [2.05, 4.69) is 18.7 Å². The first-order valence-corrected chi connectivity index (χ1v) is 7.47. The van der Waals surface area contributed by atoms with E-state index in [1.165, 1.54) is 0 Å². The molecule has 0 unspecified atom stereocenters. The number of carbonyl (C=O) groups excluding carboxylic acids is 1. The molecular formula is C16H27N3O. The maximum atomic E-state index is 12.3. The summed E-state index contributed by atoms with van der Waals surface area (Å²) in [6.07, 6.45) is 0. The summed E-state index contributed by atoms with van der Waals surface area (Å²) in [6, 6.07) is 5.67. The molecule has 0 aromatic heterocycles. The van der Waals surface area contributed by atoms with Crippen LogP contribution in [0, 0.1) is 0 Å². The third kappa shape index (κ3) is 3.97. The number of nitrogens with two attached hydrogens (primary N) is 1. The zero-order valence-corrected chi connectivity index (χ0v) is 13.1. The van der Waals surface area contributed by atoms with E-state index in [0.29, 0.717) is 11.3 Å². The van der Waals surface area contributed by atoms with Crippen molar-refractivity contribution in [3.8, 4) is 0 Å². The van der Waals surface area contributed by atoms with E-state index in [1.54, 1.807) is 11.0 Å². The Morgan fingerprint density at radius 1 is 1.05 bits per heavy atom. The number of benzene rings is 1. The fraction of sp³-hybridized carbons (Fsp3) is 0.562. The van der Waals surface area contributed by atoms with E-state index in [-0.39, 0.29) is 5.91 Å². The molecule has 0 aliphatic rings. The van der Waals surface area contributed by atoms with Gasteiger partial charge in [0.2, 0.25) is 0 Å². The Morgan fingerprint density at radius 2 is 1.65 bits per heavy atom. The highest BCUT2D eigenvalue weighted by Gasteiger charge is 2.14. The third-order valence-electron chi connectivity index (χ3n) is 3.73. The Morgan fingerprint density at radius 3 is 2.10 bits per heavy atom. The van der Waals surface area contributed by atoms with Gasteiger partial charge in [-0.2, -0.15) is 0 Å². The third-order valence-corrected chi connectivity index (χ3v) is 3.73. The Hall–Kier alpha value is -1.55. The molecule has 1 rings (SSSR count). The maximum absolute atomic E-state index is 12.3. The van der Waals surface area contributed by atoms with Crippen LogP contribution in [0.15, 0.2) is 18.2 Å². The summed E-state index contributed by atoms with van der Waals surface area (Å²) >= 11 is 0. The van der Waals surface area contributed by atoms with Gasteiger partial charge < -0.3 is 10.6 Å². The molecule has 20 heavy (non-hydrogen) atoms. The summed E-state index contributed by atoms with van der Waals surface area (Å²) in [5, 5.41) is 0. The van der Waals surface area contributed by atoms with Crippen molar-refractivity contribution in [1.29, 1.82) is 0 Å². The summed E-state index contributed by atoms with van der Waals surface area (Å²) in [6.45, 7) is 12.5. The van der Waals surface area contributed by atoms with E-state index in [4.69, 9.17) is 5.73 Å². The fourth-order valence-corrected chi connectivity index (χ4v) is 2.25. The lowest BCUT2D eigenvalue weighted by Gasteiger charge is -2.21. The number of rotatable bonds is 7. The smallest absolute Gasteiger partial charge is 0.253 e. The lowest BCUT2D eigenvalue weighted by Crippen LogP contribution is -2.30. The maximum Gasteiger partial charge on any atom is 0.253 e. The number of carbonyl (C=O) groups is 1. The number of hydrogen-bond acceptors (Lipinski definition) is 3. The number of amides is 1. The minimum atomic E-state index is 0.0519. The van der Waals surface area contributed by atoms with Gasteiger partial charge in [-0.05, 0) is 44.6 Å². The Balaban J connectivity index is 2.90. The van der Waals surface area contributed by atoms with Crippen molar-refractivity contribution in [2.75, 3.05) is 31.9 Å². The highest BCUT2D eigenvalue weighted by molar-refractivity contribution is 5.95. The second kappa shape index (κ2) is 7.90. The molecule has 0 saturated carbocycles. The first-order chi connectivity index (χ1) is 9.57. The molecule has 1 amide bonds. The van der Waals surface area contributed by atoms with Crippen LogP contribution in [0.1, 0.15) is 43.6 Å². The molecule has 4 nitrogen and oxygen atoms in total. The highest BCUT2D eigenvalue weighted by Crippen LogP contribution is 2.17. The number of nitrogens with zero attached hydrogens (tertiary/aromatic N) is 2. The summed E-state index contributed by atoms with van der Waals surface area (Å²) in [4.78, 5) is 16.4. The molecule has 0 heterocycles. The van der Waals surface area contributed by atoms with E-state index in [1.807, 2.05) is 26.0 Å². The second-order valence-electron chi connectivity index (χ2n) is 4.85. The molecule has 0 aliphatic carbocycles. The minimum Gasteiger partial charge on any atom is -0.398 e. The molecule has 0 spiro atoms. The summed E-state index contributed by atoms with van der Waals surface area (Å²) in [5.41, 5.74) is 8.57. The lowest BCUT2D eigenvalue weighted by atomic mass is 10.1. The van der Waals surface area contributed by atoms with E-state index in [9.17, 15) is 4.79 Å². The number of nitrogen functional groups attached to an aromatic ring is 1. The zero-order chi connectivity index (χ0) is 15.1. The van der Waals surface area contributed by atoms with Gasteiger partial charge in [0.1, 0.15) is 0 Å². The van der Waals surface area contributed by atoms with Gasteiger partial charge in [0.25, 0.3) is 5.91 Å². The van der Waals surface area contributed by atoms with Crippen molar-refractivity contribution >= 4 is 11.6 Å². The largest absolute Gasteiger partial charge is 0.398 e. The second-order valence-corrected chi connectivity index (χ2v) is 4.85. The van der Waals surface area contributed by atoms with Gasteiger partial charge >= 0.3 is 0 Å². The SMILES string of the molecule is CCN(CC)Cc1ccc(C(=O)N(CC)CC)cc1N. The quantitative estimate of drug-likeness (QED) is 0.779. The molecule has 0 saturated heterocycles. The predicted molar refractivity (Wildman–Crippen MR) is 84.7 cm³/mol. The van der Waals surface area contributed by atoms with Gasteiger partial charge in [0.05, 0.1) is 0 Å². The van der Waals surface area contributed by atoms with E-state index in [0.717, 1.165) is 38.3 Å². The van der Waals surface area contributed by atoms with Crippen molar-refractivity contribution in [2.24, 2.45) is 0 Å². The van der Waals surface area contributed by atoms with Crippen LogP contribution >= 0.6 is 0 Å². The Bertz CT molecular complexity index is 437. The van der Waals surface area contributed by atoms with Gasteiger partial charge in [0.15, 0.2) is 0 Å². The van der Waals surface area contributed by atoms with Gasteiger partial charge in [-0.3, -0.25) is 9.69 Å². The molecule has 4 heteroatoms. The number of hydrogen-bond donors (Lipinski definition) is 1. The van der Waals surface area contributed by atoms with Crippen LogP contribution in [-0.2, 0) is 6.54 Å². The minimum absolute atomic E-state index is 0.0519. The molecule has 2 N–H and O–H groups in total. The van der Waals surface area contributed by atoms with Gasteiger partial charge in [-0.1, -0.05) is 19.9 Å². The highest BCUT2D eigenvalue weighted by atomic mass is 16.2. The Labute approximate surface area is 122 Å². The number of anilines is 1. The van der Waals surface area contributed by atoms with Gasteiger partial charge in [-0.25, -0.2) is 0 Å². The standard InChI is InChI=1S/C16H27N3O/c1-5-18(6-2)12-14-10-9-13(11-15(14)17)16(20)19(7-3)8-4/h9-11H,5-8,12,17H2,1-4H3. The van der Waals surface area contributed by atoms with Crippen molar-refractivity contribution in [1.82, 2.24) is 9.80 Å². The average molecular weight is 277 g/mol. The fourth-order valence-electron chi connectivity index (χ4n) is 2.25. The molecule has 1 aromatic rings. The van der Waals surface area contributed by atoms with Crippen LogP contribution in [0.5, 0.6) is 0 Å². The van der Waals surface area contributed by atoms with Crippen molar-refractivity contribution < 1.29 is 4.79 Å². The molecule has 112 valence electrons. The van der Waals surface area contributed by atoms with Crippen molar-refractivity contribution in [3.05, 3.63) is 29.3 Å². The van der Waals surface area contributed by atoms with Crippen LogP contribution in [0.2, 0.25) is 0 Å². The van der Waals surface area contributed by atoms with Crippen LogP contribution in [-0.4, -0.2) is 41.9 Å². The zero-order valence-electron chi connectivity index (χ0n) is 13.1. The molecule has 0 radical (unpaired) electrons. The lowest BCUT2D eigenvalue weighted by molar-refractivity contribution is 0.0773.